The van der Waals surface area contributed by atoms with E-state index >= 15 is 0 Å². The third kappa shape index (κ3) is 5.14. The molecule has 0 aromatic heterocycles. The first kappa shape index (κ1) is 12.5. The molecule has 0 unspecified atom stereocenters. The molecule has 1 N–H and O–H groups in total. The predicted molar refractivity (Wildman–Crippen MR) is 55.8 cm³/mol. The number of carboxylic acid groups (broad SMARTS) is 1. The van der Waals surface area contributed by atoms with E-state index in [2.05, 4.69) is 6.92 Å². The Kier molecular flexibility index (Phi) is 5.05. The Labute approximate surface area is 90.6 Å². The first-order chi connectivity index (χ1) is 7.18. The van der Waals surface area contributed by atoms with Gasteiger partial charge in [0.15, 0.2) is 0 Å². The molecule has 0 spiro atoms. The summed E-state index contributed by atoms with van der Waals surface area (Å²) < 4.78 is 10.7. The van der Waals surface area contributed by atoms with Gasteiger partial charge in [0, 0.05) is 12.0 Å². The van der Waals surface area contributed by atoms with Crippen LogP contribution >= 0.6 is 0 Å². The van der Waals surface area contributed by atoms with Crippen LogP contribution in [0.25, 0.3) is 0 Å². The Hall–Kier alpha value is -0.610. The zero-order chi connectivity index (χ0) is 11.1. The Morgan fingerprint density at radius 2 is 1.93 bits per heavy atom. The molecule has 0 radical (unpaired) electrons. The van der Waals surface area contributed by atoms with Crippen molar-refractivity contribution >= 4 is 5.97 Å². The number of hydrogen-bond acceptors (Lipinski definition) is 3. The van der Waals surface area contributed by atoms with Gasteiger partial charge in [-0.05, 0) is 19.3 Å². The van der Waals surface area contributed by atoms with Crippen LogP contribution in [0.15, 0.2) is 0 Å². The summed E-state index contributed by atoms with van der Waals surface area (Å²) in [6, 6.07) is 0. The van der Waals surface area contributed by atoms with Crippen LogP contribution in [0.2, 0.25) is 0 Å². The maximum Gasteiger partial charge on any atom is 0.303 e. The van der Waals surface area contributed by atoms with Crippen molar-refractivity contribution in [3.63, 3.8) is 0 Å². The Bertz CT molecular complexity index is 199. The molecule has 0 aromatic rings. The third-order valence-corrected chi connectivity index (χ3v) is 2.61. The summed E-state index contributed by atoms with van der Waals surface area (Å²) >= 11 is 0. The molecule has 1 rings (SSSR count). The van der Waals surface area contributed by atoms with Crippen LogP contribution in [0.4, 0.5) is 0 Å². The molecule has 1 aliphatic rings. The SMILES string of the molecule is CCCOCCOCC1(CC(=O)O)CC1. The lowest BCUT2D eigenvalue weighted by molar-refractivity contribution is -0.139. The highest BCUT2D eigenvalue weighted by molar-refractivity contribution is 5.68. The molecule has 0 amide bonds. The van der Waals surface area contributed by atoms with Crippen molar-refractivity contribution in [2.45, 2.75) is 32.6 Å². The Balaban J connectivity index is 1.97. The summed E-state index contributed by atoms with van der Waals surface area (Å²) in [5, 5.41) is 8.68. The quantitative estimate of drug-likeness (QED) is 0.596. The summed E-state index contributed by atoms with van der Waals surface area (Å²) in [6.45, 7) is 4.57. The first-order valence-electron chi connectivity index (χ1n) is 5.56. The number of carbonyl (C=O) groups is 1. The number of carboxylic acids is 1. The molecule has 1 fully saturated rings. The molecule has 0 saturated heterocycles. The fourth-order valence-electron chi connectivity index (χ4n) is 1.52. The second-order valence-electron chi connectivity index (χ2n) is 4.24. The number of aliphatic carboxylic acids is 1. The van der Waals surface area contributed by atoms with Crippen LogP contribution in [0, 0.1) is 5.41 Å². The van der Waals surface area contributed by atoms with Gasteiger partial charge < -0.3 is 14.6 Å². The van der Waals surface area contributed by atoms with Gasteiger partial charge in [0.1, 0.15) is 0 Å². The van der Waals surface area contributed by atoms with Crippen molar-refractivity contribution in [3.8, 4) is 0 Å². The van der Waals surface area contributed by atoms with Crippen LogP contribution < -0.4 is 0 Å². The summed E-state index contributed by atoms with van der Waals surface area (Å²) in [7, 11) is 0. The highest BCUT2D eigenvalue weighted by Gasteiger charge is 2.44. The van der Waals surface area contributed by atoms with Gasteiger partial charge >= 0.3 is 5.97 Å². The van der Waals surface area contributed by atoms with Crippen LogP contribution in [-0.4, -0.2) is 37.5 Å². The minimum absolute atomic E-state index is 0.0589. The van der Waals surface area contributed by atoms with E-state index < -0.39 is 5.97 Å². The van der Waals surface area contributed by atoms with E-state index in [1.165, 1.54) is 0 Å². The van der Waals surface area contributed by atoms with Gasteiger partial charge in [-0.1, -0.05) is 6.92 Å². The van der Waals surface area contributed by atoms with E-state index in [4.69, 9.17) is 14.6 Å². The van der Waals surface area contributed by atoms with Crippen molar-refractivity contribution in [2.75, 3.05) is 26.4 Å². The summed E-state index contributed by atoms with van der Waals surface area (Å²) in [6.07, 6.45) is 3.22. The lowest BCUT2D eigenvalue weighted by Crippen LogP contribution is -2.17. The molecule has 15 heavy (non-hydrogen) atoms. The average Bonchev–Trinajstić information content (AvgIpc) is 2.91. The molecular weight excluding hydrogens is 196 g/mol. The molecule has 88 valence electrons. The lowest BCUT2D eigenvalue weighted by atomic mass is 10.0. The van der Waals surface area contributed by atoms with E-state index in [0.717, 1.165) is 25.9 Å². The van der Waals surface area contributed by atoms with Crippen LogP contribution in [0.1, 0.15) is 32.6 Å². The highest BCUT2D eigenvalue weighted by Crippen LogP contribution is 2.48. The summed E-state index contributed by atoms with van der Waals surface area (Å²) in [5.74, 6) is -0.724. The third-order valence-electron chi connectivity index (χ3n) is 2.61. The fraction of sp³-hybridized carbons (Fsp3) is 0.909. The van der Waals surface area contributed by atoms with E-state index in [-0.39, 0.29) is 11.8 Å². The maximum absolute atomic E-state index is 10.5. The fourth-order valence-corrected chi connectivity index (χ4v) is 1.52. The minimum Gasteiger partial charge on any atom is -0.481 e. The smallest absolute Gasteiger partial charge is 0.303 e. The number of hydrogen-bond donors (Lipinski definition) is 1. The van der Waals surface area contributed by atoms with Gasteiger partial charge in [-0.3, -0.25) is 4.79 Å². The standard InChI is InChI=1S/C11H20O4/c1-2-5-14-6-7-15-9-11(3-4-11)8-10(12)13/h2-9H2,1H3,(H,12,13). The topological polar surface area (TPSA) is 55.8 Å². The monoisotopic (exact) mass is 216 g/mol. The van der Waals surface area contributed by atoms with E-state index in [1.807, 2.05) is 0 Å². The number of ether oxygens (including phenoxy) is 2. The van der Waals surface area contributed by atoms with E-state index in [1.54, 1.807) is 0 Å². The normalized spacial score (nSPS) is 17.7. The molecule has 4 nitrogen and oxygen atoms in total. The van der Waals surface area contributed by atoms with Gasteiger partial charge in [0.2, 0.25) is 0 Å². The molecule has 0 bridgehead atoms. The molecule has 0 heterocycles. The van der Waals surface area contributed by atoms with Gasteiger partial charge in [0.05, 0.1) is 26.2 Å². The second kappa shape index (κ2) is 6.08. The van der Waals surface area contributed by atoms with E-state index in [9.17, 15) is 4.79 Å². The van der Waals surface area contributed by atoms with Gasteiger partial charge in [-0.25, -0.2) is 0 Å². The summed E-state index contributed by atoms with van der Waals surface area (Å²) in [5.41, 5.74) is -0.0589. The molecular formula is C11H20O4. The Morgan fingerprint density at radius 3 is 2.47 bits per heavy atom. The second-order valence-corrected chi connectivity index (χ2v) is 4.24. The van der Waals surface area contributed by atoms with Crippen molar-refractivity contribution in [2.24, 2.45) is 5.41 Å². The number of rotatable bonds is 9. The zero-order valence-electron chi connectivity index (χ0n) is 9.33. The van der Waals surface area contributed by atoms with E-state index in [0.29, 0.717) is 19.8 Å². The highest BCUT2D eigenvalue weighted by atomic mass is 16.5. The van der Waals surface area contributed by atoms with Crippen LogP contribution in [-0.2, 0) is 14.3 Å². The first-order valence-corrected chi connectivity index (χ1v) is 5.56. The molecule has 0 atom stereocenters. The molecule has 4 heteroatoms. The molecule has 1 aliphatic carbocycles. The molecule has 0 aromatic carbocycles. The zero-order valence-corrected chi connectivity index (χ0v) is 9.33. The van der Waals surface area contributed by atoms with Crippen LogP contribution in [0.3, 0.4) is 0 Å². The van der Waals surface area contributed by atoms with Crippen molar-refractivity contribution in [3.05, 3.63) is 0 Å². The van der Waals surface area contributed by atoms with Gasteiger partial charge in [-0.15, -0.1) is 0 Å². The average molecular weight is 216 g/mol. The largest absolute Gasteiger partial charge is 0.481 e. The molecule has 0 aliphatic heterocycles. The summed E-state index contributed by atoms with van der Waals surface area (Å²) in [4.78, 5) is 10.5. The van der Waals surface area contributed by atoms with Gasteiger partial charge in [-0.2, -0.15) is 0 Å². The Morgan fingerprint density at radius 1 is 1.27 bits per heavy atom. The minimum atomic E-state index is -0.724. The van der Waals surface area contributed by atoms with Crippen LogP contribution in [0.5, 0.6) is 0 Å². The van der Waals surface area contributed by atoms with Gasteiger partial charge in [0.25, 0.3) is 0 Å². The maximum atomic E-state index is 10.5. The van der Waals surface area contributed by atoms with Crippen molar-refractivity contribution in [1.82, 2.24) is 0 Å². The van der Waals surface area contributed by atoms with Crippen molar-refractivity contribution in [1.29, 1.82) is 0 Å². The predicted octanol–water partition coefficient (Wildman–Crippen LogP) is 1.68. The lowest BCUT2D eigenvalue weighted by Gasteiger charge is -2.12. The molecule has 1 saturated carbocycles. The van der Waals surface area contributed by atoms with Crippen molar-refractivity contribution < 1.29 is 19.4 Å².